The van der Waals surface area contributed by atoms with Gasteiger partial charge >= 0.3 is 0 Å². The first-order valence-electron chi connectivity index (χ1n) is 6.72. The van der Waals surface area contributed by atoms with Crippen molar-refractivity contribution in [3.8, 4) is 11.5 Å². The summed E-state index contributed by atoms with van der Waals surface area (Å²) in [6.45, 7) is 0. The highest BCUT2D eigenvalue weighted by atomic mass is 32.2. The van der Waals surface area contributed by atoms with Crippen molar-refractivity contribution in [3.05, 3.63) is 53.6 Å². The lowest BCUT2D eigenvalue weighted by atomic mass is 9.91. The first-order valence-corrected chi connectivity index (χ1v) is 7.70. The summed E-state index contributed by atoms with van der Waals surface area (Å²) in [4.78, 5) is 13.7. The zero-order chi connectivity index (χ0) is 14.8. The molecule has 3 nitrogen and oxygen atoms in total. The van der Waals surface area contributed by atoms with Gasteiger partial charge in [-0.15, -0.1) is 11.8 Å². The van der Waals surface area contributed by atoms with E-state index in [1.807, 2.05) is 42.5 Å². The molecule has 0 saturated heterocycles. The van der Waals surface area contributed by atoms with E-state index in [9.17, 15) is 4.79 Å². The number of carbonyl (C=O) groups excluding carboxylic acids is 1. The number of thioether (sulfide) groups is 1. The third-order valence-electron chi connectivity index (χ3n) is 3.69. The molecule has 4 heteroatoms. The lowest BCUT2D eigenvalue weighted by molar-refractivity contribution is 0.0962. The molecule has 0 bridgehead atoms. The summed E-state index contributed by atoms with van der Waals surface area (Å²) in [5.41, 5.74) is 1.82. The van der Waals surface area contributed by atoms with Gasteiger partial charge in [-0.3, -0.25) is 4.79 Å². The Balaban J connectivity index is 1.90. The number of hydrogen-bond donors (Lipinski definition) is 0. The van der Waals surface area contributed by atoms with Crippen molar-refractivity contribution in [1.82, 2.24) is 0 Å². The van der Waals surface area contributed by atoms with Crippen molar-refractivity contribution in [3.63, 3.8) is 0 Å². The summed E-state index contributed by atoms with van der Waals surface area (Å²) in [6.07, 6.45) is 0. The van der Waals surface area contributed by atoms with Gasteiger partial charge < -0.3 is 9.47 Å². The molecule has 0 amide bonds. The average Bonchev–Trinajstić information content (AvgIpc) is 2.55. The van der Waals surface area contributed by atoms with E-state index in [-0.39, 0.29) is 11.7 Å². The maximum absolute atomic E-state index is 12.7. The molecule has 1 aliphatic heterocycles. The lowest BCUT2D eigenvalue weighted by Crippen LogP contribution is -2.20. The van der Waals surface area contributed by atoms with Crippen molar-refractivity contribution >= 4 is 17.5 Å². The number of methoxy groups -OCH3 is 2. The van der Waals surface area contributed by atoms with E-state index in [0.29, 0.717) is 0 Å². The normalized spacial score (nSPS) is 17.2. The standard InChI is InChI=1S/C17H16O3S/c1-19-12-5-3-11(4-6-12)15-10-21-16-9-13(20-2)7-8-14(16)17(15)18/h3-9,15H,10H2,1-2H3. The van der Waals surface area contributed by atoms with E-state index >= 15 is 0 Å². The molecule has 0 radical (unpaired) electrons. The molecular weight excluding hydrogens is 284 g/mol. The highest BCUT2D eigenvalue weighted by Gasteiger charge is 2.29. The maximum atomic E-state index is 12.7. The number of carbonyl (C=O) groups is 1. The zero-order valence-corrected chi connectivity index (χ0v) is 12.8. The van der Waals surface area contributed by atoms with Crippen LogP contribution in [0.25, 0.3) is 0 Å². The largest absolute Gasteiger partial charge is 0.497 e. The number of fused-ring (bicyclic) bond motifs is 1. The van der Waals surface area contributed by atoms with E-state index in [1.54, 1.807) is 26.0 Å². The van der Waals surface area contributed by atoms with Gasteiger partial charge in [-0.05, 0) is 35.9 Å². The number of ketones is 1. The van der Waals surface area contributed by atoms with Crippen molar-refractivity contribution in [2.24, 2.45) is 0 Å². The van der Waals surface area contributed by atoms with Crippen LogP contribution in [-0.4, -0.2) is 25.8 Å². The summed E-state index contributed by atoms with van der Waals surface area (Å²) in [7, 11) is 3.28. The van der Waals surface area contributed by atoms with E-state index in [2.05, 4.69) is 0 Å². The lowest BCUT2D eigenvalue weighted by Gasteiger charge is -2.23. The Kier molecular flexibility index (Phi) is 3.88. The van der Waals surface area contributed by atoms with Gasteiger partial charge in [0.2, 0.25) is 0 Å². The van der Waals surface area contributed by atoms with Gasteiger partial charge in [0.25, 0.3) is 0 Å². The summed E-state index contributed by atoms with van der Waals surface area (Å²) in [6, 6.07) is 13.4. The summed E-state index contributed by atoms with van der Waals surface area (Å²) < 4.78 is 10.4. The second-order valence-corrected chi connectivity index (χ2v) is 5.92. The van der Waals surface area contributed by atoms with Crippen LogP contribution in [0.4, 0.5) is 0 Å². The van der Waals surface area contributed by atoms with Crippen LogP contribution >= 0.6 is 11.8 Å². The number of ether oxygens (including phenoxy) is 2. The molecule has 0 aliphatic carbocycles. The molecule has 21 heavy (non-hydrogen) atoms. The third-order valence-corrected chi connectivity index (χ3v) is 4.84. The van der Waals surface area contributed by atoms with Crippen LogP contribution in [0, 0.1) is 0 Å². The van der Waals surface area contributed by atoms with E-state index in [0.717, 1.165) is 33.3 Å². The molecule has 108 valence electrons. The second kappa shape index (κ2) is 5.82. The molecule has 2 aromatic rings. The quantitative estimate of drug-likeness (QED) is 0.864. The number of rotatable bonds is 3. The fourth-order valence-electron chi connectivity index (χ4n) is 2.47. The fraction of sp³-hybridized carbons (Fsp3) is 0.235. The van der Waals surface area contributed by atoms with E-state index in [1.165, 1.54) is 0 Å². The number of Topliss-reactive ketones (excluding diaryl/α,β-unsaturated/α-hetero) is 1. The van der Waals surface area contributed by atoms with Crippen LogP contribution in [0.1, 0.15) is 21.8 Å². The van der Waals surface area contributed by atoms with Gasteiger partial charge in [0.15, 0.2) is 5.78 Å². The first kappa shape index (κ1) is 14.0. The Bertz CT molecular complexity index is 664. The zero-order valence-electron chi connectivity index (χ0n) is 12.0. The average molecular weight is 300 g/mol. The van der Waals surface area contributed by atoms with Gasteiger partial charge in [0, 0.05) is 16.2 Å². The topological polar surface area (TPSA) is 35.5 Å². The first-order chi connectivity index (χ1) is 10.2. The van der Waals surface area contributed by atoms with Gasteiger partial charge in [0.05, 0.1) is 20.1 Å². The molecule has 1 unspecified atom stereocenters. The van der Waals surface area contributed by atoms with Crippen molar-refractivity contribution in [2.75, 3.05) is 20.0 Å². The minimum Gasteiger partial charge on any atom is -0.497 e. The number of benzene rings is 2. The molecule has 0 aromatic heterocycles. The van der Waals surface area contributed by atoms with Crippen molar-refractivity contribution < 1.29 is 14.3 Å². The molecule has 3 rings (SSSR count). The molecule has 0 fully saturated rings. The Morgan fingerprint density at radius 2 is 1.67 bits per heavy atom. The van der Waals surface area contributed by atoms with Crippen LogP contribution in [0.15, 0.2) is 47.4 Å². The van der Waals surface area contributed by atoms with Gasteiger partial charge in [-0.2, -0.15) is 0 Å². The minimum atomic E-state index is -0.0956. The van der Waals surface area contributed by atoms with Crippen LogP contribution < -0.4 is 9.47 Å². The highest BCUT2D eigenvalue weighted by Crippen LogP contribution is 2.39. The van der Waals surface area contributed by atoms with Crippen LogP contribution in [-0.2, 0) is 0 Å². The Hall–Kier alpha value is -1.94. The summed E-state index contributed by atoms with van der Waals surface area (Å²) in [5.74, 6) is 2.43. The second-order valence-electron chi connectivity index (χ2n) is 4.86. The van der Waals surface area contributed by atoms with Crippen molar-refractivity contribution in [2.45, 2.75) is 10.8 Å². The molecule has 0 spiro atoms. The third kappa shape index (κ3) is 2.63. The van der Waals surface area contributed by atoms with Gasteiger partial charge in [0.1, 0.15) is 11.5 Å². The molecule has 0 saturated carbocycles. The predicted octanol–water partition coefficient (Wildman–Crippen LogP) is 3.78. The van der Waals surface area contributed by atoms with E-state index < -0.39 is 0 Å². The molecule has 2 aromatic carbocycles. The highest BCUT2D eigenvalue weighted by molar-refractivity contribution is 7.99. The van der Waals surface area contributed by atoms with Crippen LogP contribution in [0.3, 0.4) is 0 Å². The predicted molar refractivity (Wildman–Crippen MR) is 83.8 cm³/mol. The molecule has 0 N–H and O–H groups in total. The molecular formula is C17H16O3S. The Labute approximate surface area is 128 Å². The van der Waals surface area contributed by atoms with E-state index in [4.69, 9.17) is 9.47 Å². The molecule has 1 heterocycles. The SMILES string of the molecule is COc1ccc(C2CSc3cc(OC)ccc3C2=O)cc1. The van der Waals surface area contributed by atoms with Gasteiger partial charge in [-0.1, -0.05) is 12.1 Å². The van der Waals surface area contributed by atoms with Crippen LogP contribution in [0.2, 0.25) is 0 Å². The smallest absolute Gasteiger partial charge is 0.172 e. The Morgan fingerprint density at radius 1 is 1.00 bits per heavy atom. The summed E-state index contributed by atoms with van der Waals surface area (Å²) >= 11 is 1.70. The monoisotopic (exact) mass is 300 g/mol. The van der Waals surface area contributed by atoms with Crippen molar-refractivity contribution in [1.29, 1.82) is 0 Å². The molecule has 1 atom stereocenters. The minimum absolute atomic E-state index is 0.0956. The summed E-state index contributed by atoms with van der Waals surface area (Å²) in [5, 5.41) is 0. The van der Waals surface area contributed by atoms with Gasteiger partial charge in [-0.25, -0.2) is 0 Å². The number of hydrogen-bond acceptors (Lipinski definition) is 4. The van der Waals surface area contributed by atoms with Crippen LogP contribution in [0.5, 0.6) is 11.5 Å². The molecule has 1 aliphatic rings. The Morgan fingerprint density at radius 3 is 2.33 bits per heavy atom. The fourth-order valence-corrected chi connectivity index (χ4v) is 3.69. The maximum Gasteiger partial charge on any atom is 0.172 e.